The van der Waals surface area contributed by atoms with Gasteiger partial charge in [-0.05, 0) is 43.5 Å². The number of pyridine rings is 1. The van der Waals surface area contributed by atoms with Crippen molar-refractivity contribution in [3.63, 3.8) is 0 Å². The zero-order chi connectivity index (χ0) is 27.7. The molecule has 2 aromatic carbocycles. The maximum absolute atomic E-state index is 11.7. The van der Waals surface area contributed by atoms with Gasteiger partial charge in [0.2, 0.25) is 0 Å². The number of aliphatic hydroxyl groups excluding tert-OH is 1. The number of allylic oxidation sites excluding steroid dienone is 2. The number of carbonyl (C=O) groups is 1. The van der Waals surface area contributed by atoms with Gasteiger partial charge in [-0.1, -0.05) is 71.9 Å². The van der Waals surface area contributed by atoms with Gasteiger partial charge in [0.1, 0.15) is 11.3 Å². The van der Waals surface area contributed by atoms with Crippen LogP contribution in [-0.4, -0.2) is 15.9 Å². The Morgan fingerprint density at radius 3 is 2.18 bits per heavy atom. The molecule has 1 N–H and O–H groups in total. The first-order chi connectivity index (χ1) is 18.3. The molecule has 4 nitrogen and oxygen atoms in total. The molecule has 0 amide bonds. The van der Waals surface area contributed by atoms with E-state index in [4.69, 9.17) is 4.42 Å². The van der Waals surface area contributed by atoms with Gasteiger partial charge in [-0.15, -0.1) is 34.9 Å². The van der Waals surface area contributed by atoms with Crippen LogP contribution in [-0.2, 0) is 24.9 Å². The second-order valence-corrected chi connectivity index (χ2v) is 9.84. The van der Waals surface area contributed by atoms with Gasteiger partial charge in [0.05, 0.1) is 5.76 Å². The normalized spacial score (nSPS) is 11.3. The zero-order valence-electron chi connectivity index (χ0n) is 23.9. The largest absolute Gasteiger partial charge is 0.512 e. The van der Waals surface area contributed by atoms with E-state index in [-0.39, 0.29) is 43.5 Å². The van der Waals surface area contributed by atoms with Crippen molar-refractivity contribution in [3.8, 4) is 22.6 Å². The summed E-state index contributed by atoms with van der Waals surface area (Å²) in [7, 11) is 0. The predicted octanol–water partition coefficient (Wildman–Crippen LogP) is 9.45. The molecule has 4 rings (SSSR count). The average Bonchev–Trinajstić information content (AvgIpc) is 3.34. The van der Waals surface area contributed by atoms with Crippen molar-refractivity contribution >= 4 is 16.8 Å². The van der Waals surface area contributed by atoms with Crippen LogP contribution in [0.15, 0.2) is 77.0 Å². The van der Waals surface area contributed by atoms with Crippen LogP contribution >= 0.6 is 0 Å². The van der Waals surface area contributed by atoms with E-state index in [1.165, 1.54) is 11.6 Å². The third-order valence-electron chi connectivity index (χ3n) is 6.97. The quantitative estimate of drug-likeness (QED) is 0.107. The Bertz CT molecular complexity index is 1350. The fourth-order valence-electron chi connectivity index (χ4n) is 4.64. The number of aryl methyl sites for hydroxylation is 2. The third kappa shape index (κ3) is 8.74. The zero-order valence-corrected chi connectivity index (χ0v) is 26.3. The van der Waals surface area contributed by atoms with Crippen molar-refractivity contribution in [1.29, 1.82) is 0 Å². The second-order valence-electron chi connectivity index (χ2n) is 9.84. The van der Waals surface area contributed by atoms with Gasteiger partial charge >= 0.3 is 0 Å². The molecular formula is C34H40IrNO3-. The summed E-state index contributed by atoms with van der Waals surface area (Å²) in [6.07, 6.45) is 6.77. The van der Waals surface area contributed by atoms with Gasteiger partial charge in [0.25, 0.3) is 0 Å². The number of carbonyl (C=O) groups excluding carboxylic acids is 1. The molecule has 1 radical (unpaired) electrons. The van der Waals surface area contributed by atoms with Gasteiger partial charge in [-0.3, -0.25) is 4.79 Å². The number of fused-ring (bicyclic) bond motifs is 1. The molecule has 0 aliphatic rings. The summed E-state index contributed by atoms with van der Waals surface area (Å²) >= 11 is 0. The summed E-state index contributed by atoms with van der Waals surface area (Å²) in [4.78, 5) is 16.3. The van der Waals surface area contributed by atoms with Crippen molar-refractivity contribution < 1.29 is 34.4 Å². The number of furan rings is 1. The van der Waals surface area contributed by atoms with Crippen LogP contribution in [0.4, 0.5) is 0 Å². The molecule has 0 spiro atoms. The number of aromatic nitrogens is 1. The molecular weight excluding hydrogens is 663 g/mol. The minimum absolute atomic E-state index is 0. The molecule has 2 aromatic heterocycles. The molecule has 4 aromatic rings. The van der Waals surface area contributed by atoms with Crippen LogP contribution in [0.2, 0.25) is 0 Å². The van der Waals surface area contributed by atoms with Crippen LogP contribution in [0.1, 0.15) is 64.5 Å². The van der Waals surface area contributed by atoms with E-state index in [1.54, 1.807) is 0 Å². The molecule has 0 saturated heterocycles. The van der Waals surface area contributed by atoms with Crippen molar-refractivity contribution in [2.75, 3.05) is 0 Å². The van der Waals surface area contributed by atoms with Gasteiger partial charge in [0.15, 0.2) is 5.78 Å². The maximum atomic E-state index is 11.7. The summed E-state index contributed by atoms with van der Waals surface area (Å²) in [6, 6.07) is 21.7. The minimum atomic E-state index is 0. The van der Waals surface area contributed by atoms with Crippen LogP contribution < -0.4 is 0 Å². The molecule has 0 fully saturated rings. The summed E-state index contributed by atoms with van der Waals surface area (Å²) in [5.41, 5.74) is 6.14. The van der Waals surface area contributed by atoms with E-state index in [2.05, 4.69) is 37.0 Å². The molecule has 0 unspecified atom stereocenters. The van der Waals surface area contributed by atoms with Gasteiger partial charge in [-0.2, -0.15) is 0 Å². The first-order valence-electron chi connectivity index (χ1n) is 13.7. The van der Waals surface area contributed by atoms with Gasteiger partial charge in [-0.25, -0.2) is 0 Å². The topological polar surface area (TPSA) is 63.3 Å². The molecule has 0 aliphatic heterocycles. The Kier molecular flexibility index (Phi) is 12.8. The number of ketones is 1. The standard InChI is InChI=1S/C21H16NO.C13H24O2.Ir/c1-14-8-15(2)10-17(9-14)19-12-21-18(13-22-19)11-20(23-21)16-6-4-3-5-7-16;1-5-10(6-2)12(14)9-13(15)11(7-3)8-4;/h3-9,11-13H,1-2H3;9-11,14H,5-8H2,1-4H3;/q-1;;/b;12-9-;. The van der Waals surface area contributed by atoms with Crippen LogP contribution in [0, 0.1) is 31.7 Å². The number of rotatable bonds is 9. The van der Waals surface area contributed by atoms with E-state index >= 15 is 0 Å². The molecule has 5 heteroatoms. The van der Waals surface area contributed by atoms with Crippen molar-refractivity contribution in [3.05, 3.63) is 89.8 Å². The molecule has 2 heterocycles. The number of benzene rings is 2. The summed E-state index contributed by atoms with van der Waals surface area (Å²) in [5.74, 6) is 1.41. The molecule has 0 bridgehead atoms. The first kappa shape index (κ1) is 32.2. The third-order valence-corrected chi connectivity index (χ3v) is 6.97. The van der Waals surface area contributed by atoms with E-state index in [1.807, 2.05) is 76.4 Å². The monoisotopic (exact) mass is 703 g/mol. The summed E-state index contributed by atoms with van der Waals surface area (Å²) < 4.78 is 6.02. The Balaban J connectivity index is 0.000000294. The van der Waals surface area contributed by atoms with E-state index in [9.17, 15) is 9.90 Å². The van der Waals surface area contributed by atoms with Crippen molar-refractivity contribution in [2.45, 2.75) is 67.2 Å². The molecule has 39 heavy (non-hydrogen) atoms. The fourth-order valence-corrected chi connectivity index (χ4v) is 4.64. The number of hydrogen-bond donors (Lipinski definition) is 1. The van der Waals surface area contributed by atoms with Crippen LogP contribution in [0.25, 0.3) is 33.6 Å². The Labute approximate surface area is 246 Å². The summed E-state index contributed by atoms with van der Waals surface area (Å²) in [6.45, 7) is 12.2. The smallest absolute Gasteiger partial charge is 0.162 e. The predicted molar refractivity (Wildman–Crippen MR) is 157 cm³/mol. The first-order valence-corrected chi connectivity index (χ1v) is 13.7. The Hall–Kier alpha value is -3.01. The minimum Gasteiger partial charge on any atom is -0.512 e. The van der Waals surface area contributed by atoms with E-state index in [0.717, 1.165) is 64.8 Å². The molecule has 0 atom stereocenters. The van der Waals surface area contributed by atoms with E-state index < -0.39 is 0 Å². The maximum Gasteiger partial charge on any atom is 0.162 e. The number of hydrogen-bond acceptors (Lipinski definition) is 4. The number of nitrogens with zero attached hydrogens (tertiary/aromatic N) is 1. The van der Waals surface area contributed by atoms with Gasteiger partial charge < -0.3 is 14.5 Å². The van der Waals surface area contributed by atoms with E-state index in [0.29, 0.717) is 0 Å². The van der Waals surface area contributed by atoms with Crippen molar-refractivity contribution in [2.24, 2.45) is 11.8 Å². The molecule has 209 valence electrons. The second kappa shape index (κ2) is 15.5. The Morgan fingerprint density at radius 1 is 0.949 bits per heavy atom. The molecule has 0 saturated carbocycles. The molecule has 0 aliphatic carbocycles. The van der Waals surface area contributed by atoms with Crippen LogP contribution in [0.3, 0.4) is 0 Å². The number of aliphatic hydroxyl groups is 1. The summed E-state index contributed by atoms with van der Waals surface area (Å²) in [5, 5.41) is 10.8. The van der Waals surface area contributed by atoms with Gasteiger partial charge in [0, 0.05) is 55.2 Å². The SMILES string of the molecule is CCC(CC)C(=O)/C=C(\O)C(CC)CC.Cc1[c-]c(-c2cc3oc(-c4ccccc4)cc3cn2)cc(C)c1.[Ir]. The fraction of sp³-hybridized carbons (Fsp3) is 0.353. The Morgan fingerprint density at radius 2 is 1.59 bits per heavy atom. The van der Waals surface area contributed by atoms with Crippen LogP contribution in [0.5, 0.6) is 0 Å². The average molecular weight is 703 g/mol. The van der Waals surface area contributed by atoms with Crippen molar-refractivity contribution in [1.82, 2.24) is 4.98 Å².